The van der Waals surface area contributed by atoms with E-state index in [1.807, 2.05) is 84.9 Å². The van der Waals surface area contributed by atoms with Gasteiger partial charge < -0.3 is 9.47 Å². The Labute approximate surface area is 245 Å². The summed E-state index contributed by atoms with van der Waals surface area (Å²) < 4.78 is 41.7. The molecule has 0 bridgehead atoms. The number of thiazole rings is 1. The van der Waals surface area contributed by atoms with E-state index in [1.165, 1.54) is 17.5 Å². The topological polar surface area (TPSA) is 107 Å². The number of nitrogens with one attached hydrogen (secondary N) is 2. The monoisotopic (exact) mass is 593 g/mol. The molecule has 3 aromatic carbocycles. The molecule has 216 valence electrons. The largest absolute Gasteiger partial charge is 0.444 e. The Morgan fingerprint density at radius 3 is 2.32 bits per heavy atom. The third-order valence-corrected chi connectivity index (χ3v) is 8.59. The van der Waals surface area contributed by atoms with E-state index in [2.05, 4.69) is 15.0 Å². The van der Waals surface area contributed by atoms with Crippen LogP contribution >= 0.6 is 11.3 Å². The number of aromatic nitrogens is 1. The molecule has 1 atom stereocenters. The molecule has 8 nitrogen and oxygen atoms in total. The molecule has 10 heteroatoms. The lowest BCUT2D eigenvalue weighted by atomic mass is 9.97. The Kier molecular flexibility index (Phi) is 10.3. The summed E-state index contributed by atoms with van der Waals surface area (Å²) in [5.41, 5.74) is 2.71. The van der Waals surface area contributed by atoms with Crippen molar-refractivity contribution < 1.29 is 22.7 Å². The molecular weight excluding hydrogens is 558 g/mol. The van der Waals surface area contributed by atoms with Gasteiger partial charge in [0.05, 0.1) is 13.2 Å². The molecule has 41 heavy (non-hydrogen) atoms. The predicted octanol–water partition coefficient (Wildman–Crippen LogP) is 6.46. The van der Waals surface area contributed by atoms with Gasteiger partial charge in [-0.05, 0) is 49.4 Å². The van der Waals surface area contributed by atoms with E-state index in [0.717, 1.165) is 11.1 Å². The summed E-state index contributed by atoms with van der Waals surface area (Å²) in [5, 5.41) is 1.99. The second-order valence-corrected chi connectivity index (χ2v) is 13.4. The molecule has 2 N–H and O–H groups in total. The van der Waals surface area contributed by atoms with Crippen molar-refractivity contribution in [3.63, 3.8) is 0 Å². The zero-order valence-corrected chi connectivity index (χ0v) is 25.0. The van der Waals surface area contributed by atoms with E-state index < -0.39 is 27.0 Å². The molecule has 0 saturated carbocycles. The summed E-state index contributed by atoms with van der Waals surface area (Å²) in [7, 11) is -3.88. The van der Waals surface area contributed by atoms with Gasteiger partial charge >= 0.3 is 6.09 Å². The van der Waals surface area contributed by atoms with Crippen LogP contribution in [0.2, 0.25) is 0 Å². The molecule has 0 aliphatic carbocycles. The average Bonchev–Trinajstić information content (AvgIpc) is 3.38. The summed E-state index contributed by atoms with van der Waals surface area (Å²) >= 11 is 1.18. The molecule has 0 aliphatic rings. The first-order valence-corrected chi connectivity index (χ1v) is 15.6. The minimum atomic E-state index is -3.88. The van der Waals surface area contributed by atoms with E-state index in [0.29, 0.717) is 40.8 Å². The van der Waals surface area contributed by atoms with Gasteiger partial charge in [-0.3, -0.25) is 5.32 Å². The van der Waals surface area contributed by atoms with Crippen LogP contribution in [0.4, 0.5) is 9.93 Å². The normalized spacial score (nSPS) is 12.6. The first-order chi connectivity index (χ1) is 19.6. The molecule has 0 saturated heterocycles. The molecule has 0 unspecified atom stereocenters. The number of carbonyl (C=O) groups excluding carboxylic acids is 1. The highest BCUT2D eigenvalue weighted by atomic mass is 32.2. The molecule has 4 rings (SSSR count). The van der Waals surface area contributed by atoms with Gasteiger partial charge in [-0.25, -0.2) is 22.9 Å². The Hall–Kier alpha value is -3.57. The molecular formula is C31H35N3O5S2. The van der Waals surface area contributed by atoms with Gasteiger partial charge in [0, 0.05) is 17.6 Å². The van der Waals surface area contributed by atoms with Gasteiger partial charge in [0.15, 0.2) is 5.13 Å². The summed E-state index contributed by atoms with van der Waals surface area (Å²) in [6.07, 6.45) is 1.48. The quantitative estimate of drug-likeness (QED) is 0.183. The minimum Gasteiger partial charge on any atom is -0.444 e. The van der Waals surface area contributed by atoms with Gasteiger partial charge in [0.2, 0.25) is 10.0 Å². The minimum absolute atomic E-state index is 0.0295. The molecule has 1 heterocycles. The van der Waals surface area contributed by atoms with Gasteiger partial charge in [-0.1, -0.05) is 84.9 Å². The smallest absolute Gasteiger partial charge is 0.413 e. The molecule has 1 aromatic heterocycles. The van der Waals surface area contributed by atoms with Crippen molar-refractivity contribution in [2.24, 2.45) is 0 Å². The van der Waals surface area contributed by atoms with Crippen LogP contribution in [0.3, 0.4) is 0 Å². The SMILES string of the molecule is CC(C)(C)OC(=O)Nc1ncc(CNS(=O)(=O)[C@@H](c2ccccc2)c2ccccc2CCOCc2ccccc2)s1. The molecule has 4 aromatic rings. The van der Waals surface area contributed by atoms with Crippen LogP contribution in [0.1, 0.15) is 53.2 Å². The number of hydrogen-bond acceptors (Lipinski definition) is 7. The number of amides is 1. The predicted molar refractivity (Wildman–Crippen MR) is 162 cm³/mol. The van der Waals surface area contributed by atoms with E-state index in [9.17, 15) is 13.2 Å². The lowest BCUT2D eigenvalue weighted by Gasteiger charge is -2.22. The van der Waals surface area contributed by atoms with E-state index in [-0.39, 0.29) is 6.54 Å². The number of hydrogen-bond donors (Lipinski definition) is 2. The van der Waals surface area contributed by atoms with Crippen LogP contribution in [0.15, 0.2) is 91.1 Å². The van der Waals surface area contributed by atoms with Crippen molar-refractivity contribution in [1.29, 1.82) is 0 Å². The highest BCUT2D eigenvalue weighted by molar-refractivity contribution is 7.89. The fourth-order valence-electron chi connectivity index (χ4n) is 4.21. The first kappa shape index (κ1) is 30.4. The van der Waals surface area contributed by atoms with Crippen LogP contribution in [-0.4, -0.2) is 31.7 Å². The number of anilines is 1. The maximum atomic E-state index is 13.9. The standard InChI is InChI=1S/C31H35N3O5S2/c1-31(2,3)39-30(35)34-29-32-20-26(40-29)21-33-41(36,37)28(25-15-8-5-9-16-25)27-17-11-10-14-24(27)18-19-38-22-23-12-6-4-7-13-23/h4-17,20,28,33H,18-19,21-22H2,1-3H3,(H,32,34,35)/t28-/m0/s1. The van der Waals surface area contributed by atoms with Crippen molar-refractivity contribution in [2.45, 2.75) is 51.2 Å². The second kappa shape index (κ2) is 13.9. The lowest BCUT2D eigenvalue weighted by Crippen LogP contribution is -2.30. The van der Waals surface area contributed by atoms with E-state index in [4.69, 9.17) is 9.47 Å². The van der Waals surface area contributed by atoms with Crippen molar-refractivity contribution in [3.8, 4) is 0 Å². The number of sulfonamides is 1. The van der Waals surface area contributed by atoms with E-state index >= 15 is 0 Å². The maximum absolute atomic E-state index is 13.9. The Balaban J connectivity index is 1.48. The number of carbonyl (C=O) groups is 1. The van der Waals surface area contributed by atoms with Crippen LogP contribution in [0.25, 0.3) is 0 Å². The number of rotatable bonds is 12. The Morgan fingerprint density at radius 1 is 0.951 bits per heavy atom. The zero-order chi connectivity index (χ0) is 29.3. The average molecular weight is 594 g/mol. The van der Waals surface area contributed by atoms with Crippen LogP contribution in [0, 0.1) is 0 Å². The molecule has 1 amide bonds. The fourth-order valence-corrected chi connectivity index (χ4v) is 6.64. The zero-order valence-electron chi connectivity index (χ0n) is 23.4. The van der Waals surface area contributed by atoms with Crippen molar-refractivity contribution >= 4 is 32.6 Å². The molecule has 0 radical (unpaired) electrons. The highest BCUT2D eigenvalue weighted by Crippen LogP contribution is 2.33. The lowest BCUT2D eigenvalue weighted by molar-refractivity contribution is 0.0636. The summed E-state index contributed by atoms with van der Waals surface area (Å²) in [6, 6.07) is 26.7. The van der Waals surface area contributed by atoms with Crippen LogP contribution in [-0.2, 0) is 39.1 Å². The first-order valence-electron chi connectivity index (χ1n) is 13.3. The highest BCUT2D eigenvalue weighted by Gasteiger charge is 2.30. The van der Waals surface area contributed by atoms with E-state index in [1.54, 1.807) is 20.8 Å². The Bertz CT molecular complexity index is 1520. The molecule has 0 aliphatic heterocycles. The van der Waals surface area contributed by atoms with Crippen molar-refractivity contribution in [2.75, 3.05) is 11.9 Å². The van der Waals surface area contributed by atoms with Crippen LogP contribution < -0.4 is 10.0 Å². The van der Waals surface area contributed by atoms with Gasteiger partial charge in [-0.2, -0.15) is 0 Å². The Morgan fingerprint density at radius 2 is 1.61 bits per heavy atom. The maximum Gasteiger partial charge on any atom is 0.413 e. The number of nitrogens with zero attached hydrogens (tertiary/aromatic N) is 1. The van der Waals surface area contributed by atoms with Crippen LogP contribution in [0.5, 0.6) is 0 Å². The third-order valence-electron chi connectivity index (χ3n) is 5.99. The van der Waals surface area contributed by atoms with Gasteiger partial charge in [-0.15, -0.1) is 11.3 Å². The molecule has 0 spiro atoms. The number of benzene rings is 3. The van der Waals surface area contributed by atoms with Crippen molar-refractivity contribution in [1.82, 2.24) is 9.71 Å². The third kappa shape index (κ3) is 9.22. The summed E-state index contributed by atoms with van der Waals surface area (Å²) in [5.74, 6) is 0. The van der Waals surface area contributed by atoms with Crippen molar-refractivity contribution in [3.05, 3.63) is 118 Å². The summed E-state index contributed by atoms with van der Waals surface area (Å²) in [6.45, 7) is 6.29. The fraction of sp³-hybridized carbons (Fsp3) is 0.290. The van der Waals surface area contributed by atoms with Gasteiger partial charge in [0.1, 0.15) is 10.9 Å². The summed E-state index contributed by atoms with van der Waals surface area (Å²) in [4.78, 5) is 16.9. The number of ether oxygens (including phenoxy) is 2. The second-order valence-electron chi connectivity index (χ2n) is 10.4. The molecule has 0 fully saturated rings. The van der Waals surface area contributed by atoms with Gasteiger partial charge in [0.25, 0.3) is 0 Å².